The van der Waals surface area contributed by atoms with Crippen molar-refractivity contribution in [2.24, 2.45) is 0 Å². The lowest BCUT2D eigenvalue weighted by atomic mass is 10.2. The summed E-state index contributed by atoms with van der Waals surface area (Å²) in [6.07, 6.45) is 0. The highest BCUT2D eigenvalue weighted by molar-refractivity contribution is 9.10. The predicted molar refractivity (Wildman–Crippen MR) is 80.8 cm³/mol. The van der Waals surface area contributed by atoms with Gasteiger partial charge in [0.15, 0.2) is 0 Å². The molecule has 0 fully saturated rings. The number of anilines is 1. The Labute approximate surface area is 125 Å². The van der Waals surface area contributed by atoms with Crippen molar-refractivity contribution in [1.82, 2.24) is 9.55 Å². The first-order valence-corrected chi connectivity index (χ1v) is 7.04. The number of benzene rings is 2. The number of imidazole rings is 1. The van der Waals surface area contributed by atoms with E-state index in [1.54, 1.807) is 10.6 Å². The number of aromatic nitrogens is 2. The zero-order valence-electron chi connectivity index (χ0n) is 9.57. The van der Waals surface area contributed by atoms with E-state index in [1.165, 1.54) is 6.07 Å². The van der Waals surface area contributed by atoms with Crippen LogP contribution in [0.1, 0.15) is 0 Å². The molecule has 3 rings (SSSR count). The Morgan fingerprint density at radius 1 is 1.11 bits per heavy atom. The molecule has 0 aliphatic carbocycles. The summed E-state index contributed by atoms with van der Waals surface area (Å²) in [4.78, 5) is 4.18. The van der Waals surface area contributed by atoms with Crippen LogP contribution in [0, 0.1) is 5.82 Å². The Hall–Kier alpha value is -1.40. The molecule has 19 heavy (non-hydrogen) atoms. The maximum atomic E-state index is 13.5. The zero-order valence-corrected chi connectivity index (χ0v) is 12.7. The van der Waals surface area contributed by atoms with Gasteiger partial charge in [0.05, 0.1) is 15.5 Å². The summed E-state index contributed by atoms with van der Waals surface area (Å²) in [5, 5.41) is 0. The van der Waals surface area contributed by atoms with Gasteiger partial charge in [0.2, 0.25) is 5.95 Å². The molecule has 6 heteroatoms. The number of nitrogens with zero attached hydrogens (tertiary/aromatic N) is 2. The van der Waals surface area contributed by atoms with Gasteiger partial charge in [0, 0.05) is 16.2 Å². The summed E-state index contributed by atoms with van der Waals surface area (Å²) in [6.45, 7) is 0. The van der Waals surface area contributed by atoms with Gasteiger partial charge in [-0.15, -0.1) is 0 Å². The van der Waals surface area contributed by atoms with Gasteiger partial charge < -0.3 is 5.73 Å². The van der Waals surface area contributed by atoms with Crippen molar-refractivity contribution >= 4 is 48.8 Å². The molecule has 0 radical (unpaired) electrons. The van der Waals surface area contributed by atoms with Gasteiger partial charge in [-0.25, -0.2) is 9.37 Å². The Kier molecular flexibility index (Phi) is 3.06. The molecular weight excluding hydrogens is 377 g/mol. The van der Waals surface area contributed by atoms with Crippen LogP contribution in [0.4, 0.5) is 10.3 Å². The molecule has 0 saturated carbocycles. The second-order valence-electron chi connectivity index (χ2n) is 4.04. The molecule has 0 amide bonds. The van der Waals surface area contributed by atoms with E-state index in [4.69, 9.17) is 5.73 Å². The third kappa shape index (κ3) is 2.15. The van der Waals surface area contributed by atoms with Crippen molar-refractivity contribution in [3.63, 3.8) is 0 Å². The van der Waals surface area contributed by atoms with Crippen LogP contribution in [-0.4, -0.2) is 9.55 Å². The Morgan fingerprint density at radius 3 is 2.47 bits per heavy atom. The first-order valence-electron chi connectivity index (χ1n) is 5.45. The standard InChI is InChI=1S/C13H8Br2FN3/c14-7-1-3-8(4-2-7)19-12-5-9(15)10(16)6-11(12)18-13(19)17/h1-6H,(H2,17,18). The first kappa shape index (κ1) is 12.6. The van der Waals surface area contributed by atoms with Gasteiger partial charge in [0.1, 0.15) is 5.82 Å². The van der Waals surface area contributed by atoms with E-state index in [9.17, 15) is 4.39 Å². The highest BCUT2D eigenvalue weighted by Crippen LogP contribution is 2.28. The quantitative estimate of drug-likeness (QED) is 0.680. The molecule has 0 aliphatic heterocycles. The maximum Gasteiger partial charge on any atom is 0.205 e. The fraction of sp³-hybridized carbons (Fsp3) is 0. The number of nitrogen functional groups attached to an aromatic ring is 1. The molecule has 3 nitrogen and oxygen atoms in total. The summed E-state index contributed by atoms with van der Waals surface area (Å²) in [7, 11) is 0. The minimum absolute atomic E-state index is 0.329. The van der Waals surface area contributed by atoms with E-state index in [0.29, 0.717) is 15.9 Å². The fourth-order valence-electron chi connectivity index (χ4n) is 1.95. The van der Waals surface area contributed by atoms with Gasteiger partial charge in [-0.3, -0.25) is 4.57 Å². The van der Waals surface area contributed by atoms with Crippen LogP contribution in [0.5, 0.6) is 0 Å². The monoisotopic (exact) mass is 383 g/mol. The first-order chi connectivity index (χ1) is 9.06. The third-order valence-electron chi connectivity index (χ3n) is 2.81. The van der Waals surface area contributed by atoms with Crippen molar-refractivity contribution in [2.75, 3.05) is 5.73 Å². The van der Waals surface area contributed by atoms with Crippen molar-refractivity contribution in [2.45, 2.75) is 0 Å². The van der Waals surface area contributed by atoms with Crippen LogP contribution >= 0.6 is 31.9 Å². The van der Waals surface area contributed by atoms with E-state index in [-0.39, 0.29) is 5.82 Å². The predicted octanol–water partition coefficient (Wildman–Crippen LogP) is 4.27. The fourth-order valence-corrected chi connectivity index (χ4v) is 2.55. The van der Waals surface area contributed by atoms with E-state index >= 15 is 0 Å². The highest BCUT2D eigenvalue weighted by atomic mass is 79.9. The highest BCUT2D eigenvalue weighted by Gasteiger charge is 2.12. The SMILES string of the molecule is Nc1nc2cc(F)c(Br)cc2n1-c1ccc(Br)cc1. The number of nitrogens with two attached hydrogens (primary N) is 1. The number of fused-ring (bicyclic) bond motifs is 1. The Balaban J connectivity index is 2.31. The summed E-state index contributed by atoms with van der Waals surface area (Å²) < 4.78 is 16.7. The Morgan fingerprint density at radius 2 is 1.79 bits per heavy atom. The molecule has 1 aromatic heterocycles. The van der Waals surface area contributed by atoms with Crippen molar-refractivity contribution in [3.05, 3.63) is 51.2 Å². The molecular formula is C13H8Br2FN3. The number of rotatable bonds is 1. The lowest BCUT2D eigenvalue weighted by Gasteiger charge is -2.06. The summed E-state index contributed by atoms with van der Waals surface area (Å²) >= 11 is 6.56. The second-order valence-corrected chi connectivity index (χ2v) is 5.81. The minimum Gasteiger partial charge on any atom is -0.369 e. The van der Waals surface area contributed by atoms with Gasteiger partial charge in [-0.1, -0.05) is 15.9 Å². The van der Waals surface area contributed by atoms with Crippen molar-refractivity contribution in [3.8, 4) is 5.69 Å². The zero-order chi connectivity index (χ0) is 13.6. The maximum absolute atomic E-state index is 13.5. The number of hydrogen-bond acceptors (Lipinski definition) is 2. The molecule has 96 valence electrons. The van der Waals surface area contributed by atoms with Crippen LogP contribution in [0.3, 0.4) is 0 Å². The van der Waals surface area contributed by atoms with Gasteiger partial charge in [-0.05, 0) is 46.3 Å². The molecule has 0 atom stereocenters. The number of hydrogen-bond donors (Lipinski definition) is 1. The van der Waals surface area contributed by atoms with Crippen molar-refractivity contribution in [1.29, 1.82) is 0 Å². The molecule has 2 aromatic carbocycles. The molecule has 0 aliphatic rings. The minimum atomic E-state index is -0.354. The van der Waals surface area contributed by atoms with Crippen LogP contribution in [0.15, 0.2) is 45.3 Å². The molecule has 0 unspecified atom stereocenters. The third-order valence-corrected chi connectivity index (χ3v) is 3.94. The van der Waals surface area contributed by atoms with E-state index in [1.807, 2.05) is 24.3 Å². The van der Waals surface area contributed by atoms with Crippen LogP contribution < -0.4 is 5.73 Å². The summed E-state index contributed by atoms with van der Waals surface area (Å²) in [6, 6.07) is 10.7. The van der Waals surface area contributed by atoms with Gasteiger partial charge in [-0.2, -0.15) is 0 Å². The van der Waals surface area contributed by atoms with Crippen molar-refractivity contribution < 1.29 is 4.39 Å². The molecule has 2 N–H and O–H groups in total. The number of halogens is 3. The lowest BCUT2D eigenvalue weighted by Crippen LogP contribution is -2.00. The Bertz CT molecular complexity index is 766. The summed E-state index contributed by atoms with van der Waals surface area (Å²) in [5.41, 5.74) is 8.09. The van der Waals surface area contributed by atoms with Gasteiger partial charge >= 0.3 is 0 Å². The average molecular weight is 385 g/mol. The smallest absolute Gasteiger partial charge is 0.205 e. The normalized spacial score (nSPS) is 11.1. The molecule has 3 aromatic rings. The molecule has 0 bridgehead atoms. The van der Waals surface area contributed by atoms with E-state index < -0.39 is 0 Å². The van der Waals surface area contributed by atoms with Crippen LogP contribution in [-0.2, 0) is 0 Å². The average Bonchev–Trinajstić information content (AvgIpc) is 2.67. The van der Waals surface area contributed by atoms with Crippen LogP contribution in [0.25, 0.3) is 16.7 Å². The molecule has 1 heterocycles. The largest absolute Gasteiger partial charge is 0.369 e. The molecule has 0 spiro atoms. The van der Waals surface area contributed by atoms with Crippen LogP contribution in [0.2, 0.25) is 0 Å². The van der Waals surface area contributed by atoms with Gasteiger partial charge in [0.25, 0.3) is 0 Å². The second kappa shape index (κ2) is 4.61. The van der Waals surface area contributed by atoms with E-state index in [2.05, 4.69) is 36.8 Å². The lowest BCUT2D eigenvalue weighted by molar-refractivity contribution is 0.623. The summed E-state index contributed by atoms with van der Waals surface area (Å²) in [5.74, 6) is -0.0252. The molecule has 0 saturated heterocycles. The van der Waals surface area contributed by atoms with E-state index in [0.717, 1.165) is 15.7 Å². The topological polar surface area (TPSA) is 43.8 Å².